The van der Waals surface area contributed by atoms with Crippen LogP contribution in [0, 0.1) is 5.82 Å². The summed E-state index contributed by atoms with van der Waals surface area (Å²) in [6.45, 7) is 0.172. The summed E-state index contributed by atoms with van der Waals surface area (Å²) in [5.41, 5.74) is 9.12. The van der Waals surface area contributed by atoms with E-state index in [0.29, 0.717) is 22.6 Å². The average Bonchev–Trinajstić information content (AvgIpc) is 2.79. The summed E-state index contributed by atoms with van der Waals surface area (Å²) in [6, 6.07) is 10.9. The Morgan fingerprint density at radius 3 is 2.59 bits per heavy atom. The fourth-order valence-corrected chi connectivity index (χ4v) is 3.18. The van der Waals surface area contributed by atoms with E-state index in [0.717, 1.165) is 0 Å². The van der Waals surface area contributed by atoms with E-state index in [1.807, 2.05) is 0 Å². The summed E-state index contributed by atoms with van der Waals surface area (Å²) >= 11 is 17.7. The van der Waals surface area contributed by atoms with E-state index in [-0.39, 0.29) is 39.0 Å². The van der Waals surface area contributed by atoms with E-state index in [4.69, 9.17) is 50.0 Å². The molecule has 7 nitrogen and oxygen atoms in total. The summed E-state index contributed by atoms with van der Waals surface area (Å²) < 4.78 is 24.0. The number of nitrogen functional groups attached to an aromatic ring is 1. The van der Waals surface area contributed by atoms with Crippen molar-refractivity contribution in [3.63, 3.8) is 0 Å². The van der Waals surface area contributed by atoms with Gasteiger partial charge in [0.05, 0.1) is 24.0 Å². The molecule has 2 aromatic carbocycles. The first kappa shape index (κ1) is 23.6. The molecule has 0 radical (unpaired) electrons. The number of carbonyl (C=O) groups is 1. The number of methoxy groups -OCH3 is 1. The number of ether oxygens (including phenoxy) is 2. The number of rotatable bonds is 7. The lowest BCUT2D eigenvalue weighted by Crippen LogP contribution is -2.20. The van der Waals surface area contributed by atoms with Crippen LogP contribution in [0.4, 0.5) is 10.1 Å². The topological polar surface area (TPSA) is 98.8 Å². The number of hydrogen-bond donors (Lipinski definition) is 2. The van der Waals surface area contributed by atoms with Crippen molar-refractivity contribution in [3.8, 4) is 11.5 Å². The molecular formula is C21H16Cl3FN4O3. The Labute approximate surface area is 197 Å². The average molecular weight is 498 g/mol. The van der Waals surface area contributed by atoms with Gasteiger partial charge in [-0.2, -0.15) is 5.10 Å². The number of aromatic nitrogens is 1. The molecule has 166 valence electrons. The van der Waals surface area contributed by atoms with Crippen LogP contribution in [0.2, 0.25) is 15.2 Å². The fraction of sp³-hybridized carbons (Fsp3) is 0.0952. The zero-order chi connectivity index (χ0) is 23.3. The van der Waals surface area contributed by atoms with E-state index >= 15 is 0 Å². The molecule has 1 amide bonds. The minimum Gasteiger partial charge on any atom is -0.496 e. The third-order valence-corrected chi connectivity index (χ3v) is 5.31. The summed E-state index contributed by atoms with van der Waals surface area (Å²) in [5.74, 6) is 0.0285. The molecule has 0 spiro atoms. The van der Waals surface area contributed by atoms with Gasteiger partial charge in [-0.05, 0) is 48.0 Å². The van der Waals surface area contributed by atoms with Gasteiger partial charge in [0.15, 0.2) is 10.8 Å². The molecule has 0 atom stereocenters. The number of anilines is 1. The van der Waals surface area contributed by atoms with Crippen molar-refractivity contribution in [2.45, 2.75) is 6.61 Å². The van der Waals surface area contributed by atoms with E-state index < -0.39 is 5.91 Å². The van der Waals surface area contributed by atoms with Gasteiger partial charge in [0.2, 0.25) is 0 Å². The Bertz CT molecular complexity index is 1170. The minimum atomic E-state index is -0.718. The number of nitrogens with one attached hydrogen (secondary N) is 1. The first-order valence-corrected chi connectivity index (χ1v) is 10.1. The van der Waals surface area contributed by atoms with Crippen molar-refractivity contribution in [2.75, 3.05) is 12.8 Å². The van der Waals surface area contributed by atoms with Crippen LogP contribution >= 0.6 is 34.8 Å². The number of nitrogens with two attached hydrogens (primary N) is 1. The van der Waals surface area contributed by atoms with Gasteiger partial charge in [0.25, 0.3) is 5.91 Å². The molecule has 0 saturated heterocycles. The van der Waals surface area contributed by atoms with Gasteiger partial charge in [-0.25, -0.2) is 14.8 Å². The zero-order valence-corrected chi connectivity index (χ0v) is 18.8. The van der Waals surface area contributed by atoms with Crippen molar-refractivity contribution in [2.24, 2.45) is 5.10 Å². The van der Waals surface area contributed by atoms with E-state index in [1.54, 1.807) is 18.2 Å². The SMILES string of the molecule is COc1ccc(/C=N\NC(=O)c2nc(Cl)c(Cl)c(N)c2Cl)cc1COc1ccc(F)cc1. The predicted octanol–water partition coefficient (Wildman–Crippen LogP) is 5.11. The molecule has 3 N–H and O–H groups in total. The molecule has 32 heavy (non-hydrogen) atoms. The highest BCUT2D eigenvalue weighted by atomic mass is 35.5. The molecule has 0 aliphatic rings. The molecule has 0 unspecified atom stereocenters. The maximum atomic E-state index is 13.0. The number of benzene rings is 2. The number of amides is 1. The molecule has 0 bridgehead atoms. The van der Waals surface area contributed by atoms with Crippen LogP contribution in [0.25, 0.3) is 0 Å². The van der Waals surface area contributed by atoms with Crippen LogP contribution in [-0.4, -0.2) is 24.2 Å². The third-order valence-electron chi connectivity index (χ3n) is 4.18. The second-order valence-corrected chi connectivity index (χ2v) is 7.42. The minimum absolute atomic E-state index is 0.0367. The Hall–Kier alpha value is -3.07. The van der Waals surface area contributed by atoms with Crippen LogP contribution in [0.5, 0.6) is 11.5 Å². The zero-order valence-electron chi connectivity index (χ0n) is 16.5. The van der Waals surface area contributed by atoms with Gasteiger partial charge in [-0.3, -0.25) is 4.79 Å². The Morgan fingerprint density at radius 2 is 1.91 bits per heavy atom. The Kier molecular flexibility index (Phi) is 7.74. The number of halogens is 4. The standard InChI is InChI=1S/C21H16Cl3FN4O3/c1-31-15-7-2-11(8-12(15)10-32-14-5-3-13(25)4-6-14)9-27-29-21(30)19-16(22)18(26)17(23)20(24)28-19/h2-9H,10H2,1H3,(H2,26,28)(H,29,30)/b27-9-. The molecule has 3 rings (SSSR count). The van der Waals surface area contributed by atoms with Crippen molar-refractivity contribution in [3.05, 3.63) is 80.3 Å². The normalized spacial score (nSPS) is 10.9. The van der Waals surface area contributed by atoms with Crippen LogP contribution < -0.4 is 20.6 Å². The quantitative estimate of drug-likeness (QED) is 0.268. The molecule has 0 aliphatic heterocycles. The van der Waals surface area contributed by atoms with Gasteiger partial charge in [0, 0.05) is 5.56 Å². The third kappa shape index (κ3) is 5.59. The highest BCUT2D eigenvalue weighted by Gasteiger charge is 2.19. The number of pyridine rings is 1. The van der Waals surface area contributed by atoms with Gasteiger partial charge in [-0.1, -0.05) is 34.8 Å². The predicted molar refractivity (Wildman–Crippen MR) is 122 cm³/mol. The Balaban J connectivity index is 1.71. The largest absolute Gasteiger partial charge is 0.496 e. The smallest absolute Gasteiger partial charge is 0.291 e. The number of hydrazone groups is 1. The summed E-state index contributed by atoms with van der Waals surface area (Å²) in [6.07, 6.45) is 1.41. The second-order valence-electron chi connectivity index (χ2n) is 6.31. The molecule has 3 aromatic rings. The van der Waals surface area contributed by atoms with Crippen molar-refractivity contribution in [1.29, 1.82) is 0 Å². The molecule has 0 aliphatic carbocycles. The molecule has 0 fully saturated rings. The van der Waals surface area contributed by atoms with E-state index in [9.17, 15) is 9.18 Å². The van der Waals surface area contributed by atoms with Crippen LogP contribution in [0.1, 0.15) is 21.6 Å². The summed E-state index contributed by atoms with van der Waals surface area (Å²) in [4.78, 5) is 16.2. The van der Waals surface area contributed by atoms with Crippen LogP contribution in [0.15, 0.2) is 47.6 Å². The number of hydrogen-bond acceptors (Lipinski definition) is 6. The van der Waals surface area contributed by atoms with Crippen molar-refractivity contribution < 1.29 is 18.7 Å². The number of carbonyl (C=O) groups excluding carboxylic acids is 1. The maximum absolute atomic E-state index is 13.0. The second kappa shape index (κ2) is 10.5. The van der Waals surface area contributed by atoms with Crippen molar-refractivity contribution in [1.82, 2.24) is 10.4 Å². The fourth-order valence-electron chi connectivity index (χ4n) is 2.58. The van der Waals surface area contributed by atoms with Crippen LogP contribution in [-0.2, 0) is 6.61 Å². The monoisotopic (exact) mass is 496 g/mol. The van der Waals surface area contributed by atoms with Crippen LogP contribution in [0.3, 0.4) is 0 Å². The first-order valence-electron chi connectivity index (χ1n) is 8.98. The molecule has 1 heterocycles. The van der Waals surface area contributed by atoms with Gasteiger partial charge in [0.1, 0.15) is 28.9 Å². The first-order chi connectivity index (χ1) is 15.3. The summed E-state index contributed by atoms with van der Waals surface area (Å²) in [7, 11) is 1.53. The maximum Gasteiger partial charge on any atom is 0.291 e. The number of nitrogens with zero attached hydrogens (tertiary/aromatic N) is 2. The molecular weight excluding hydrogens is 482 g/mol. The van der Waals surface area contributed by atoms with E-state index in [2.05, 4.69) is 15.5 Å². The van der Waals surface area contributed by atoms with Gasteiger partial charge in [-0.15, -0.1) is 0 Å². The lowest BCUT2D eigenvalue weighted by Gasteiger charge is -2.11. The molecule has 1 aromatic heterocycles. The van der Waals surface area contributed by atoms with E-state index in [1.165, 1.54) is 37.6 Å². The highest BCUT2D eigenvalue weighted by molar-refractivity contribution is 6.46. The van der Waals surface area contributed by atoms with Gasteiger partial charge < -0.3 is 15.2 Å². The Morgan fingerprint density at radius 1 is 1.19 bits per heavy atom. The highest BCUT2D eigenvalue weighted by Crippen LogP contribution is 2.34. The molecule has 11 heteroatoms. The lowest BCUT2D eigenvalue weighted by molar-refractivity contribution is 0.0950. The lowest BCUT2D eigenvalue weighted by atomic mass is 10.1. The summed E-state index contributed by atoms with van der Waals surface area (Å²) in [5, 5.41) is 3.59. The van der Waals surface area contributed by atoms with Crippen molar-refractivity contribution >= 4 is 52.6 Å². The van der Waals surface area contributed by atoms with Gasteiger partial charge >= 0.3 is 0 Å². The molecule has 0 saturated carbocycles.